The average molecular weight is 355 g/mol. The molecule has 0 atom stereocenters. The van der Waals surface area contributed by atoms with E-state index in [4.69, 9.17) is 0 Å². The predicted octanol–water partition coefficient (Wildman–Crippen LogP) is -1.04. The first-order valence-corrected chi connectivity index (χ1v) is 8.36. The molecular formula is C13H16IN4-. The third-order valence-corrected chi connectivity index (χ3v) is 4.63. The molecule has 0 radical (unpaired) electrons. The number of rotatable bonds is 3. The van der Waals surface area contributed by atoms with E-state index >= 15 is 0 Å². The molecule has 2 rings (SSSR count). The van der Waals surface area contributed by atoms with E-state index in [1.54, 1.807) is 0 Å². The summed E-state index contributed by atoms with van der Waals surface area (Å²) in [5, 5.41) is 0. The Bertz CT molecular complexity index is 477. The van der Waals surface area contributed by atoms with Gasteiger partial charge in [0.2, 0.25) is 0 Å². The molecule has 0 spiro atoms. The van der Waals surface area contributed by atoms with Gasteiger partial charge in [-0.15, -0.1) is 0 Å². The van der Waals surface area contributed by atoms with Gasteiger partial charge in [-0.3, -0.25) is 0 Å². The zero-order chi connectivity index (χ0) is 13.1. The summed E-state index contributed by atoms with van der Waals surface area (Å²) in [4.78, 5) is 17.5. The van der Waals surface area contributed by atoms with Crippen molar-refractivity contribution in [3.8, 4) is 0 Å². The molecule has 0 unspecified atom stereocenters. The van der Waals surface area contributed by atoms with Crippen LogP contribution < -0.4 is 21.2 Å². The fraction of sp³-hybridized carbons (Fsp3) is 0.385. The molecule has 0 bridgehead atoms. The Kier molecular flexibility index (Phi) is 4.21. The van der Waals surface area contributed by atoms with E-state index in [-0.39, 0.29) is 21.2 Å². The van der Waals surface area contributed by atoms with Gasteiger partial charge in [-0.05, 0) is 0 Å². The molecule has 0 aliphatic rings. The van der Waals surface area contributed by atoms with Crippen LogP contribution in [0.4, 0.5) is 0 Å². The van der Waals surface area contributed by atoms with Crippen molar-refractivity contribution in [1.82, 2.24) is 19.9 Å². The number of aryl methyl sites for hydroxylation is 4. The fourth-order valence-electron chi connectivity index (χ4n) is 1.76. The van der Waals surface area contributed by atoms with Crippen LogP contribution in [0.5, 0.6) is 0 Å². The van der Waals surface area contributed by atoms with Crippen molar-refractivity contribution >= 4 is 0 Å². The summed E-state index contributed by atoms with van der Waals surface area (Å²) in [6, 6.07) is 4.24. The van der Waals surface area contributed by atoms with Crippen molar-refractivity contribution < 1.29 is 21.2 Å². The predicted molar refractivity (Wildman–Crippen MR) is 65.4 cm³/mol. The Labute approximate surface area is 118 Å². The van der Waals surface area contributed by atoms with E-state index in [1.807, 2.05) is 20.8 Å². The normalized spacial score (nSPS) is 10.9. The van der Waals surface area contributed by atoms with E-state index < -0.39 is 0 Å². The number of hydrogen-bond donors (Lipinski definition) is 0. The van der Waals surface area contributed by atoms with Crippen LogP contribution in [0.3, 0.4) is 0 Å². The maximum absolute atomic E-state index is 4.55. The summed E-state index contributed by atoms with van der Waals surface area (Å²) in [6.07, 6.45) is 0. The monoisotopic (exact) mass is 355 g/mol. The van der Waals surface area contributed by atoms with Crippen LogP contribution in [-0.2, 0) is 4.43 Å². The molecule has 2 aromatic heterocycles. The molecule has 18 heavy (non-hydrogen) atoms. The minimum atomic E-state index is -0.236. The topological polar surface area (TPSA) is 51.6 Å². The maximum atomic E-state index is 4.55. The minimum absolute atomic E-state index is 0.236. The van der Waals surface area contributed by atoms with E-state index in [1.165, 1.54) is 5.56 Å². The van der Waals surface area contributed by atoms with E-state index in [9.17, 15) is 0 Å². The van der Waals surface area contributed by atoms with Crippen molar-refractivity contribution in [2.45, 2.75) is 32.1 Å². The first kappa shape index (κ1) is 13.3. The Morgan fingerprint density at radius 3 is 2.17 bits per heavy atom. The van der Waals surface area contributed by atoms with Crippen LogP contribution in [0, 0.1) is 31.5 Å². The van der Waals surface area contributed by atoms with Gasteiger partial charge in [-0.25, -0.2) is 0 Å². The molecular weight excluding hydrogens is 339 g/mol. The van der Waals surface area contributed by atoms with E-state index in [0.29, 0.717) is 0 Å². The summed E-state index contributed by atoms with van der Waals surface area (Å²) >= 11 is -0.236. The zero-order valence-electron chi connectivity index (χ0n) is 11.0. The van der Waals surface area contributed by atoms with Gasteiger partial charge < -0.3 is 0 Å². The Balaban J connectivity index is 2.11. The molecule has 4 nitrogen and oxygen atoms in total. The van der Waals surface area contributed by atoms with Crippen molar-refractivity contribution in [3.05, 3.63) is 44.6 Å². The summed E-state index contributed by atoms with van der Waals surface area (Å²) in [5.41, 5.74) is 3.50. The van der Waals surface area contributed by atoms with Gasteiger partial charge in [-0.1, -0.05) is 0 Å². The quantitative estimate of drug-likeness (QED) is 0.522. The van der Waals surface area contributed by atoms with Gasteiger partial charge in [0.05, 0.1) is 0 Å². The van der Waals surface area contributed by atoms with Crippen molar-refractivity contribution in [3.63, 3.8) is 0 Å². The first-order valence-electron chi connectivity index (χ1n) is 5.75. The Hall–Kier alpha value is -1.11. The SMILES string of the molecule is Cc1cc(C)nc(C[I-]c2nc(C)nc(C)n2)c1. The van der Waals surface area contributed by atoms with E-state index in [2.05, 4.69) is 39.0 Å². The molecule has 0 saturated carbocycles. The molecule has 2 heterocycles. The zero-order valence-corrected chi connectivity index (χ0v) is 13.2. The van der Waals surface area contributed by atoms with E-state index in [0.717, 1.165) is 31.3 Å². The number of halogens is 1. The van der Waals surface area contributed by atoms with Crippen LogP contribution in [0.1, 0.15) is 28.6 Å². The van der Waals surface area contributed by atoms with Crippen molar-refractivity contribution in [2.24, 2.45) is 0 Å². The number of nitrogens with zero attached hydrogens (tertiary/aromatic N) is 4. The average Bonchev–Trinajstić information content (AvgIpc) is 2.23. The summed E-state index contributed by atoms with van der Waals surface area (Å²) < 4.78 is 1.93. The summed E-state index contributed by atoms with van der Waals surface area (Å²) in [7, 11) is 0. The summed E-state index contributed by atoms with van der Waals surface area (Å²) in [6.45, 7) is 7.97. The number of hydrogen-bond acceptors (Lipinski definition) is 4. The second-order valence-corrected chi connectivity index (χ2v) is 6.73. The van der Waals surface area contributed by atoms with Crippen molar-refractivity contribution in [2.75, 3.05) is 0 Å². The van der Waals surface area contributed by atoms with Crippen LogP contribution in [-0.4, -0.2) is 19.9 Å². The molecule has 0 saturated heterocycles. The second kappa shape index (κ2) is 5.69. The molecule has 0 aliphatic heterocycles. The molecule has 0 N–H and O–H groups in total. The number of aromatic nitrogens is 4. The third kappa shape index (κ3) is 3.69. The first-order chi connectivity index (χ1) is 8.52. The second-order valence-electron chi connectivity index (χ2n) is 4.24. The van der Waals surface area contributed by atoms with Crippen LogP contribution in [0.15, 0.2) is 12.1 Å². The standard InChI is InChI=1S/C13H16IN4/c1-8-5-9(2)15-12(6-8)7-14-13-17-10(3)16-11(4)18-13/h5-6H,7H2,1-4H3/q-1. The Morgan fingerprint density at radius 2 is 1.56 bits per heavy atom. The fourth-order valence-corrected chi connectivity index (χ4v) is 3.92. The molecule has 5 heteroatoms. The van der Waals surface area contributed by atoms with Crippen LogP contribution >= 0.6 is 0 Å². The number of pyridine rings is 1. The van der Waals surface area contributed by atoms with Gasteiger partial charge >= 0.3 is 118 Å². The van der Waals surface area contributed by atoms with Gasteiger partial charge in [0, 0.05) is 0 Å². The molecule has 0 amide bonds. The van der Waals surface area contributed by atoms with Gasteiger partial charge in [-0.2, -0.15) is 0 Å². The van der Waals surface area contributed by atoms with Gasteiger partial charge in [0.15, 0.2) is 0 Å². The van der Waals surface area contributed by atoms with Gasteiger partial charge in [0.25, 0.3) is 0 Å². The molecule has 0 aliphatic carbocycles. The molecule has 96 valence electrons. The molecule has 0 fully saturated rings. The third-order valence-electron chi connectivity index (χ3n) is 2.31. The molecule has 0 aromatic carbocycles. The Morgan fingerprint density at radius 1 is 0.889 bits per heavy atom. The van der Waals surface area contributed by atoms with Crippen LogP contribution in [0.2, 0.25) is 0 Å². The number of alkyl halides is 1. The van der Waals surface area contributed by atoms with Gasteiger partial charge in [0.1, 0.15) is 0 Å². The van der Waals surface area contributed by atoms with Crippen molar-refractivity contribution in [1.29, 1.82) is 0 Å². The van der Waals surface area contributed by atoms with Crippen LogP contribution in [0.25, 0.3) is 0 Å². The molecule has 2 aromatic rings. The summed E-state index contributed by atoms with van der Waals surface area (Å²) in [5.74, 6) is 1.62.